The lowest BCUT2D eigenvalue weighted by atomic mass is 9.82. The quantitative estimate of drug-likeness (QED) is 0.778. The van der Waals surface area contributed by atoms with Crippen LogP contribution in [0.25, 0.3) is 0 Å². The van der Waals surface area contributed by atoms with Gasteiger partial charge in [0.15, 0.2) is 9.84 Å². The van der Waals surface area contributed by atoms with Crippen molar-refractivity contribution in [2.45, 2.75) is 31.9 Å². The monoisotopic (exact) mass is 303 g/mol. The third-order valence-electron chi connectivity index (χ3n) is 4.47. The van der Waals surface area contributed by atoms with Gasteiger partial charge in [-0.2, -0.15) is 0 Å². The van der Waals surface area contributed by atoms with Crippen LogP contribution < -0.4 is 11.1 Å². The molecule has 0 aromatic carbocycles. The summed E-state index contributed by atoms with van der Waals surface area (Å²) in [5, 5.41) is 2.37. The zero-order valence-electron chi connectivity index (χ0n) is 12.3. The summed E-state index contributed by atoms with van der Waals surface area (Å²) in [6.45, 7) is 5.71. The minimum absolute atomic E-state index is 0.170. The molecule has 0 saturated carbocycles. The van der Waals surface area contributed by atoms with E-state index >= 15 is 0 Å². The lowest BCUT2D eigenvalue weighted by Gasteiger charge is -2.36. The molecule has 0 bridgehead atoms. The second kappa shape index (κ2) is 5.52. The Balaban J connectivity index is 2.12. The number of likely N-dealkylation sites (tertiary alicyclic amines) is 1. The molecular weight excluding hydrogens is 278 g/mol. The largest absolute Gasteiger partial charge is 0.338 e. The molecule has 2 fully saturated rings. The van der Waals surface area contributed by atoms with Crippen LogP contribution in [0.15, 0.2) is 0 Å². The van der Waals surface area contributed by atoms with E-state index in [0.717, 1.165) is 6.42 Å². The van der Waals surface area contributed by atoms with E-state index < -0.39 is 20.5 Å². The Kier molecular flexibility index (Phi) is 4.30. The molecule has 3 N–H and O–H groups in total. The molecule has 0 spiro atoms. The normalized spacial score (nSPS) is 32.2. The number of nitrogens with one attached hydrogen (secondary N) is 1. The third-order valence-corrected chi connectivity index (χ3v) is 6.84. The highest BCUT2D eigenvalue weighted by Crippen LogP contribution is 2.42. The molecular formula is C13H25N3O3S. The molecule has 0 aromatic heterocycles. The van der Waals surface area contributed by atoms with Crippen LogP contribution in [0.4, 0.5) is 4.79 Å². The first kappa shape index (κ1) is 15.6. The minimum Gasteiger partial charge on any atom is -0.338 e. The predicted octanol–water partition coefficient (Wildman–Crippen LogP) is 0.190. The molecule has 2 unspecified atom stereocenters. The van der Waals surface area contributed by atoms with Crippen molar-refractivity contribution in [1.29, 1.82) is 0 Å². The van der Waals surface area contributed by atoms with Gasteiger partial charge in [-0.15, -0.1) is 0 Å². The first-order valence-corrected chi connectivity index (χ1v) is 8.97. The average Bonchev–Trinajstić information content (AvgIpc) is 2.77. The van der Waals surface area contributed by atoms with Gasteiger partial charge < -0.3 is 16.0 Å². The van der Waals surface area contributed by atoms with Crippen LogP contribution in [-0.2, 0) is 9.84 Å². The van der Waals surface area contributed by atoms with Gasteiger partial charge in [0.05, 0.1) is 11.0 Å². The molecule has 6 nitrogen and oxygen atoms in total. The summed E-state index contributed by atoms with van der Waals surface area (Å²) in [4.78, 5) is 13.8. The van der Waals surface area contributed by atoms with Gasteiger partial charge in [-0.1, -0.05) is 13.8 Å². The number of sulfone groups is 1. The van der Waals surface area contributed by atoms with Crippen molar-refractivity contribution in [2.24, 2.45) is 17.1 Å². The molecule has 2 aliphatic rings. The maximum absolute atomic E-state index is 12.2. The Hall–Kier alpha value is -0.820. The predicted molar refractivity (Wildman–Crippen MR) is 78.1 cm³/mol. The maximum atomic E-state index is 12.2. The minimum atomic E-state index is -3.13. The molecule has 0 aromatic rings. The van der Waals surface area contributed by atoms with Gasteiger partial charge in [0.2, 0.25) is 0 Å². The highest BCUT2D eigenvalue weighted by molar-refractivity contribution is 7.92. The molecule has 2 aliphatic heterocycles. The number of hydrogen-bond acceptors (Lipinski definition) is 4. The Morgan fingerprint density at radius 1 is 1.50 bits per heavy atom. The second-order valence-corrected chi connectivity index (χ2v) is 8.79. The Morgan fingerprint density at radius 2 is 2.20 bits per heavy atom. The van der Waals surface area contributed by atoms with Crippen molar-refractivity contribution in [2.75, 3.05) is 31.9 Å². The van der Waals surface area contributed by atoms with Crippen LogP contribution in [0.2, 0.25) is 0 Å². The van der Waals surface area contributed by atoms with Crippen molar-refractivity contribution >= 4 is 15.9 Å². The van der Waals surface area contributed by atoms with Crippen molar-refractivity contribution in [1.82, 2.24) is 10.2 Å². The molecule has 0 aliphatic carbocycles. The van der Waals surface area contributed by atoms with Gasteiger partial charge in [0.25, 0.3) is 0 Å². The Morgan fingerprint density at radius 3 is 2.75 bits per heavy atom. The number of carbonyl (C=O) groups is 1. The van der Waals surface area contributed by atoms with Crippen LogP contribution >= 0.6 is 0 Å². The molecule has 2 heterocycles. The zero-order chi connectivity index (χ0) is 15.0. The van der Waals surface area contributed by atoms with Crippen LogP contribution in [0.3, 0.4) is 0 Å². The summed E-state index contributed by atoms with van der Waals surface area (Å²) < 4.78 is 24.5. The van der Waals surface area contributed by atoms with Crippen molar-refractivity contribution < 1.29 is 13.2 Å². The summed E-state index contributed by atoms with van der Waals surface area (Å²) in [6, 6.07) is -0.170. The fourth-order valence-corrected chi connectivity index (χ4v) is 5.59. The highest BCUT2D eigenvalue weighted by atomic mass is 32.2. The van der Waals surface area contributed by atoms with Gasteiger partial charge in [-0.05, 0) is 18.8 Å². The fourth-order valence-electron chi connectivity index (χ4n) is 3.30. The van der Waals surface area contributed by atoms with Crippen molar-refractivity contribution in [3.8, 4) is 0 Å². The highest BCUT2D eigenvalue weighted by Gasteiger charge is 2.54. The molecule has 116 valence electrons. The molecule has 2 rings (SSSR count). The lowest BCUT2D eigenvalue weighted by molar-refractivity contribution is 0.196. The number of hydrogen-bond donors (Lipinski definition) is 2. The average molecular weight is 303 g/mol. The second-order valence-electron chi connectivity index (χ2n) is 6.49. The van der Waals surface area contributed by atoms with E-state index in [1.165, 1.54) is 0 Å². The zero-order valence-corrected chi connectivity index (χ0v) is 13.1. The van der Waals surface area contributed by atoms with E-state index in [0.29, 0.717) is 32.0 Å². The summed E-state index contributed by atoms with van der Waals surface area (Å²) >= 11 is 0. The Bertz CT molecular complexity index is 477. The van der Waals surface area contributed by atoms with Gasteiger partial charge in [0, 0.05) is 31.6 Å². The standard InChI is InChI=1S/C13H25N3O3S/c1-10(2)6-15-12(17)16-7-11-13(8-14,9-16)4-3-5-20(11,18)19/h10-11H,3-9,14H2,1-2H3,(H,15,17). The molecule has 20 heavy (non-hydrogen) atoms. The summed E-state index contributed by atoms with van der Waals surface area (Å²) in [6.07, 6.45) is 1.44. The van der Waals surface area contributed by atoms with Crippen LogP contribution in [0.5, 0.6) is 0 Å². The molecule has 2 atom stereocenters. The van der Waals surface area contributed by atoms with Crippen LogP contribution in [-0.4, -0.2) is 56.5 Å². The molecule has 2 amide bonds. The smallest absolute Gasteiger partial charge is 0.317 e. The number of carbonyl (C=O) groups excluding carboxylic acids is 1. The molecule has 0 radical (unpaired) electrons. The fraction of sp³-hybridized carbons (Fsp3) is 0.923. The first-order chi connectivity index (χ1) is 9.31. The van der Waals surface area contributed by atoms with Gasteiger partial charge >= 0.3 is 6.03 Å². The third kappa shape index (κ3) is 2.79. The lowest BCUT2D eigenvalue weighted by Crippen LogP contribution is -2.49. The maximum Gasteiger partial charge on any atom is 0.317 e. The van der Waals surface area contributed by atoms with Crippen molar-refractivity contribution in [3.05, 3.63) is 0 Å². The number of amides is 2. The van der Waals surface area contributed by atoms with E-state index in [4.69, 9.17) is 5.73 Å². The van der Waals surface area contributed by atoms with E-state index in [2.05, 4.69) is 5.32 Å². The van der Waals surface area contributed by atoms with Gasteiger partial charge in [0.1, 0.15) is 0 Å². The molecule has 7 heteroatoms. The first-order valence-electron chi connectivity index (χ1n) is 7.25. The number of nitrogens with zero attached hydrogens (tertiary/aromatic N) is 1. The van der Waals surface area contributed by atoms with E-state index in [1.807, 2.05) is 13.8 Å². The SMILES string of the molecule is CC(C)CNC(=O)N1CC2C(CN)(CCCS2(=O)=O)C1. The van der Waals surface area contributed by atoms with Gasteiger partial charge in [-0.25, -0.2) is 13.2 Å². The van der Waals surface area contributed by atoms with Crippen molar-refractivity contribution in [3.63, 3.8) is 0 Å². The molecule has 2 saturated heterocycles. The van der Waals surface area contributed by atoms with Gasteiger partial charge in [-0.3, -0.25) is 0 Å². The number of fused-ring (bicyclic) bond motifs is 1. The number of nitrogens with two attached hydrogens (primary N) is 1. The number of rotatable bonds is 3. The summed E-state index contributed by atoms with van der Waals surface area (Å²) in [5.41, 5.74) is 5.42. The summed E-state index contributed by atoms with van der Waals surface area (Å²) in [5.74, 6) is 0.594. The van der Waals surface area contributed by atoms with E-state index in [9.17, 15) is 13.2 Å². The summed E-state index contributed by atoms with van der Waals surface area (Å²) in [7, 11) is -3.13. The topological polar surface area (TPSA) is 92.5 Å². The number of urea groups is 1. The van der Waals surface area contributed by atoms with Crippen LogP contribution in [0.1, 0.15) is 26.7 Å². The van der Waals surface area contributed by atoms with Crippen LogP contribution in [0, 0.1) is 11.3 Å². The van der Waals surface area contributed by atoms with E-state index in [-0.39, 0.29) is 18.3 Å². The van der Waals surface area contributed by atoms with E-state index in [1.54, 1.807) is 4.90 Å². The Labute approximate surface area is 121 Å².